The molecular formula is C15H17F3O2. The highest BCUT2D eigenvalue weighted by Gasteiger charge is 2.25. The molecule has 0 spiro atoms. The monoisotopic (exact) mass is 286 g/mol. The highest BCUT2D eigenvalue weighted by molar-refractivity contribution is 5.89. The standard InChI is InChI=1S/C15H17F3O2/c1-2-9-4-3-5-11(6-9)20-15(19)10-7-12(16)14(18)13(17)8-10/h7-9,11H,2-6H2,1H3. The van der Waals surface area contributed by atoms with Gasteiger partial charge in [-0.1, -0.05) is 19.8 Å². The molecule has 1 fully saturated rings. The highest BCUT2D eigenvalue weighted by atomic mass is 19.2. The Morgan fingerprint density at radius 3 is 2.50 bits per heavy atom. The lowest BCUT2D eigenvalue weighted by molar-refractivity contribution is 0.0139. The van der Waals surface area contributed by atoms with Crippen LogP contribution in [0.2, 0.25) is 0 Å². The fourth-order valence-electron chi connectivity index (χ4n) is 2.61. The summed E-state index contributed by atoms with van der Waals surface area (Å²) in [5.41, 5.74) is -0.292. The molecule has 5 heteroatoms. The third kappa shape index (κ3) is 3.32. The van der Waals surface area contributed by atoms with Gasteiger partial charge in [0.25, 0.3) is 0 Å². The fourth-order valence-corrected chi connectivity index (χ4v) is 2.61. The largest absolute Gasteiger partial charge is 0.459 e. The van der Waals surface area contributed by atoms with E-state index in [0.717, 1.165) is 32.1 Å². The third-order valence-electron chi connectivity index (χ3n) is 3.81. The summed E-state index contributed by atoms with van der Waals surface area (Å²) in [5.74, 6) is -4.63. The first-order chi connectivity index (χ1) is 9.51. The highest BCUT2D eigenvalue weighted by Crippen LogP contribution is 2.29. The number of ether oxygens (including phenoxy) is 1. The summed E-state index contributed by atoms with van der Waals surface area (Å²) < 4.78 is 44.2. The number of esters is 1. The number of carbonyl (C=O) groups is 1. The van der Waals surface area contributed by atoms with E-state index < -0.39 is 23.4 Å². The summed E-state index contributed by atoms with van der Waals surface area (Å²) in [6.45, 7) is 2.08. The molecule has 0 bridgehead atoms. The molecule has 0 heterocycles. The lowest BCUT2D eigenvalue weighted by atomic mass is 9.85. The van der Waals surface area contributed by atoms with Crippen LogP contribution >= 0.6 is 0 Å². The average Bonchev–Trinajstić information content (AvgIpc) is 2.44. The maximum Gasteiger partial charge on any atom is 0.338 e. The molecule has 0 saturated heterocycles. The quantitative estimate of drug-likeness (QED) is 0.614. The molecule has 0 amide bonds. The van der Waals surface area contributed by atoms with Crippen LogP contribution in [0.1, 0.15) is 49.4 Å². The van der Waals surface area contributed by atoms with Gasteiger partial charge in [0.05, 0.1) is 5.56 Å². The summed E-state index contributed by atoms with van der Waals surface area (Å²) in [4.78, 5) is 11.8. The van der Waals surface area contributed by atoms with Crippen molar-refractivity contribution >= 4 is 5.97 Å². The van der Waals surface area contributed by atoms with Crippen LogP contribution in [0.5, 0.6) is 0 Å². The zero-order chi connectivity index (χ0) is 14.7. The average molecular weight is 286 g/mol. The maximum absolute atomic E-state index is 13.1. The number of hydrogen-bond acceptors (Lipinski definition) is 2. The molecule has 1 aromatic rings. The van der Waals surface area contributed by atoms with Gasteiger partial charge in [0, 0.05) is 0 Å². The fraction of sp³-hybridized carbons (Fsp3) is 0.533. The Labute approximate surface area is 115 Å². The Morgan fingerprint density at radius 1 is 1.25 bits per heavy atom. The molecule has 2 atom stereocenters. The second kappa shape index (κ2) is 6.29. The number of rotatable bonds is 3. The van der Waals surface area contributed by atoms with Crippen molar-refractivity contribution in [2.24, 2.45) is 5.92 Å². The van der Waals surface area contributed by atoms with Gasteiger partial charge in [-0.3, -0.25) is 0 Å². The minimum atomic E-state index is -1.58. The van der Waals surface area contributed by atoms with Crippen molar-refractivity contribution in [2.45, 2.75) is 45.1 Å². The predicted molar refractivity (Wildman–Crippen MR) is 67.8 cm³/mol. The zero-order valence-electron chi connectivity index (χ0n) is 11.3. The Kier molecular flexibility index (Phi) is 4.68. The van der Waals surface area contributed by atoms with E-state index in [1.807, 2.05) is 0 Å². The van der Waals surface area contributed by atoms with Crippen molar-refractivity contribution in [3.05, 3.63) is 35.1 Å². The molecule has 1 saturated carbocycles. The van der Waals surface area contributed by atoms with Gasteiger partial charge in [0.1, 0.15) is 6.10 Å². The SMILES string of the molecule is CCC1CCCC(OC(=O)c2cc(F)c(F)c(F)c2)C1. The Balaban J connectivity index is 2.05. The van der Waals surface area contributed by atoms with Crippen molar-refractivity contribution in [2.75, 3.05) is 0 Å². The lowest BCUT2D eigenvalue weighted by Gasteiger charge is -2.28. The molecule has 1 aromatic carbocycles. The van der Waals surface area contributed by atoms with E-state index >= 15 is 0 Å². The van der Waals surface area contributed by atoms with Gasteiger partial charge in [0.15, 0.2) is 17.5 Å². The lowest BCUT2D eigenvalue weighted by Crippen LogP contribution is -2.25. The molecule has 0 aromatic heterocycles. The molecule has 2 nitrogen and oxygen atoms in total. The molecule has 0 N–H and O–H groups in total. The van der Waals surface area contributed by atoms with Crippen LogP contribution in [0.25, 0.3) is 0 Å². The van der Waals surface area contributed by atoms with Crippen LogP contribution in [0.15, 0.2) is 12.1 Å². The van der Waals surface area contributed by atoms with Gasteiger partial charge in [-0.2, -0.15) is 0 Å². The van der Waals surface area contributed by atoms with Gasteiger partial charge in [-0.25, -0.2) is 18.0 Å². The minimum Gasteiger partial charge on any atom is -0.459 e. The van der Waals surface area contributed by atoms with Crippen molar-refractivity contribution in [3.63, 3.8) is 0 Å². The van der Waals surface area contributed by atoms with E-state index in [1.165, 1.54) is 0 Å². The second-order valence-electron chi connectivity index (χ2n) is 5.22. The molecule has 1 aliphatic rings. The number of carbonyl (C=O) groups excluding carboxylic acids is 1. The van der Waals surface area contributed by atoms with E-state index in [1.54, 1.807) is 0 Å². The van der Waals surface area contributed by atoms with Gasteiger partial charge in [-0.05, 0) is 37.3 Å². The molecule has 20 heavy (non-hydrogen) atoms. The van der Waals surface area contributed by atoms with Gasteiger partial charge in [0.2, 0.25) is 0 Å². The van der Waals surface area contributed by atoms with Crippen LogP contribution in [0.3, 0.4) is 0 Å². The van der Waals surface area contributed by atoms with Gasteiger partial charge in [-0.15, -0.1) is 0 Å². The normalized spacial score (nSPS) is 22.6. The zero-order valence-corrected chi connectivity index (χ0v) is 11.3. The predicted octanol–water partition coefficient (Wildman–Crippen LogP) is 4.23. The summed E-state index contributed by atoms with van der Waals surface area (Å²) in [6, 6.07) is 1.34. The van der Waals surface area contributed by atoms with Gasteiger partial charge < -0.3 is 4.74 Å². The second-order valence-corrected chi connectivity index (χ2v) is 5.22. The molecular weight excluding hydrogens is 269 g/mol. The molecule has 110 valence electrons. The van der Waals surface area contributed by atoms with E-state index in [4.69, 9.17) is 4.74 Å². The summed E-state index contributed by atoms with van der Waals surface area (Å²) in [6.07, 6.45) is 4.42. The van der Waals surface area contributed by atoms with Crippen molar-refractivity contribution < 1.29 is 22.7 Å². The topological polar surface area (TPSA) is 26.3 Å². The van der Waals surface area contributed by atoms with E-state index in [-0.39, 0.29) is 11.7 Å². The minimum absolute atomic E-state index is 0.225. The molecule has 2 unspecified atom stereocenters. The molecule has 0 radical (unpaired) electrons. The molecule has 0 aliphatic heterocycles. The molecule has 2 rings (SSSR count). The Morgan fingerprint density at radius 2 is 1.90 bits per heavy atom. The first-order valence-corrected chi connectivity index (χ1v) is 6.86. The van der Waals surface area contributed by atoms with E-state index in [0.29, 0.717) is 18.1 Å². The van der Waals surface area contributed by atoms with Crippen LogP contribution < -0.4 is 0 Å². The summed E-state index contributed by atoms with van der Waals surface area (Å²) in [5, 5.41) is 0. The van der Waals surface area contributed by atoms with Crippen molar-refractivity contribution in [1.82, 2.24) is 0 Å². The number of halogens is 3. The van der Waals surface area contributed by atoms with Gasteiger partial charge >= 0.3 is 5.97 Å². The Bertz CT molecular complexity index is 479. The maximum atomic E-state index is 13.1. The number of benzene rings is 1. The van der Waals surface area contributed by atoms with Crippen LogP contribution in [-0.2, 0) is 4.74 Å². The smallest absolute Gasteiger partial charge is 0.338 e. The van der Waals surface area contributed by atoms with Crippen LogP contribution in [0, 0.1) is 23.4 Å². The third-order valence-corrected chi connectivity index (χ3v) is 3.81. The van der Waals surface area contributed by atoms with Crippen LogP contribution in [-0.4, -0.2) is 12.1 Å². The Hall–Kier alpha value is -1.52. The van der Waals surface area contributed by atoms with Crippen molar-refractivity contribution in [3.8, 4) is 0 Å². The summed E-state index contributed by atoms with van der Waals surface area (Å²) >= 11 is 0. The van der Waals surface area contributed by atoms with Crippen LogP contribution in [0.4, 0.5) is 13.2 Å². The van der Waals surface area contributed by atoms with E-state index in [2.05, 4.69) is 6.92 Å². The first-order valence-electron chi connectivity index (χ1n) is 6.86. The van der Waals surface area contributed by atoms with Crippen molar-refractivity contribution in [1.29, 1.82) is 0 Å². The first kappa shape index (κ1) is 14.9. The molecule has 1 aliphatic carbocycles. The number of hydrogen-bond donors (Lipinski definition) is 0. The summed E-state index contributed by atoms with van der Waals surface area (Å²) in [7, 11) is 0. The van der Waals surface area contributed by atoms with E-state index in [9.17, 15) is 18.0 Å².